The first-order chi connectivity index (χ1) is 16.2. The summed E-state index contributed by atoms with van der Waals surface area (Å²) < 4.78 is 47.0. The molecule has 0 fully saturated rings. The number of benzene rings is 2. The van der Waals surface area contributed by atoms with Gasteiger partial charge in [-0.3, -0.25) is 4.18 Å². The van der Waals surface area contributed by atoms with Crippen molar-refractivity contribution in [2.24, 2.45) is 0 Å². The third-order valence-corrected chi connectivity index (χ3v) is 11.1. The van der Waals surface area contributed by atoms with Crippen LogP contribution in [0.2, 0.25) is 0 Å². The first kappa shape index (κ1) is 27.0. The number of fused-ring (bicyclic) bond motifs is 3. The molecule has 1 aliphatic rings. The quantitative estimate of drug-likeness (QED) is 0.213. The van der Waals surface area contributed by atoms with E-state index in [1.165, 1.54) is 32.8 Å². The van der Waals surface area contributed by atoms with E-state index < -0.39 is 18.9 Å². The van der Waals surface area contributed by atoms with Crippen LogP contribution in [0, 0.1) is 0 Å². The maximum absolute atomic E-state index is 12.5. The van der Waals surface area contributed by atoms with E-state index in [1.807, 2.05) is 12.1 Å². The first-order valence-corrected chi connectivity index (χ1v) is 15.1. The highest BCUT2D eigenvalue weighted by Crippen LogP contribution is 2.51. The fourth-order valence-electron chi connectivity index (χ4n) is 5.17. The molecule has 2 aromatic rings. The minimum atomic E-state index is -3.79. The molecule has 6 nitrogen and oxygen atoms in total. The highest BCUT2D eigenvalue weighted by molar-refractivity contribution is 7.86. The van der Waals surface area contributed by atoms with E-state index in [-0.39, 0.29) is 10.3 Å². The molecular weight excluding hydrogens is 468 g/mol. The maximum Gasteiger partial charge on any atom is 0.536 e. The fraction of sp³-hybridized carbons (Fsp3) is 0.538. The van der Waals surface area contributed by atoms with Crippen LogP contribution in [0.25, 0.3) is 11.1 Å². The van der Waals surface area contributed by atoms with Crippen LogP contribution in [0.4, 0.5) is 0 Å². The smallest absolute Gasteiger partial charge is 0.373 e. The average molecular weight is 507 g/mol. The van der Waals surface area contributed by atoms with Gasteiger partial charge in [0.05, 0.1) is 12.0 Å². The second-order valence-electron chi connectivity index (χ2n) is 9.11. The lowest BCUT2D eigenvalue weighted by Crippen LogP contribution is -2.54. The molecule has 0 bridgehead atoms. The van der Waals surface area contributed by atoms with Crippen LogP contribution in [-0.2, 0) is 33.0 Å². The van der Waals surface area contributed by atoms with Crippen molar-refractivity contribution in [1.82, 2.24) is 0 Å². The number of unbranched alkanes of at least 4 members (excludes halogenated alkanes) is 5. The molecule has 0 saturated heterocycles. The Balaban J connectivity index is 2.08. The van der Waals surface area contributed by atoms with Crippen LogP contribution < -0.4 is 5.19 Å². The summed E-state index contributed by atoms with van der Waals surface area (Å²) in [5.41, 5.74) is 4.00. The van der Waals surface area contributed by atoms with Crippen molar-refractivity contribution in [3.8, 4) is 11.1 Å². The lowest BCUT2D eigenvalue weighted by molar-refractivity contribution is 0.140. The van der Waals surface area contributed by atoms with Gasteiger partial charge >= 0.3 is 8.80 Å². The van der Waals surface area contributed by atoms with Crippen molar-refractivity contribution in [3.63, 3.8) is 0 Å². The molecule has 0 spiro atoms. The van der Waals surface area contributed by atoms with E-state index in [0.717, 1.165) is 46.7 Å². The van der Waals surface area contributed by atoms with Crippen LogP contribution in [0.1, 0.15) is 69.9 Å². The number of hydrogen-bond acceptors (Lipinski definition) is 6. The fourth-order valence-corrected chi connectivity index (χ4v) is 7.67. The molecule has 0 amide bonds. The molecule has 8 heteroatoms. The largest absolute Gasteiger partial charge is 0.536 e. The molecule has 1 unspecified atom stereocenters. The molecule has 0 saturated carbocycles. The third-order valence-electron chi connectivity index (χ3n) is 7.19. The Bertz CT molecular complexity index is 1090. The van der Waals surface area contributed by atoms with E-state index in [2.05, 4.69) is 26.0 Å². The van der Waals surface area contributed by atoms with Gasteiger partial charge in [-0.2, -0.15) is 8.42 Å². The van der Waals surface area contributed by atoms with E-state index in [4.69, 9.17) is 17.5 Å². The Kier molecular flexibility index (Phi) is 8.76. The lowest BCUT2D eigenvalue weighted by atomic mass is 9.76. The SMILES string of the molecule is CCCCCCCCC1(C)c2cc([Si](OC)(OC)OC)ccc2-c2ccc(S(=O)(=O)OC)cc21. The lowest BCUT2D eigenvalue weighted by Gasteiger charge is -2.30. The Morgan fingerprint density at radius 2 is 1.35 bits per heavy atom. The van der Waals surface area contributed by atoms with Gasteiger partial charge < -0.3 is 13.3 Å². The van der Waals surface area contributed by atoms with Crippen LogP contribution in [0.3, 0.4) is 0 Å². The molecule has 34 heavy (non-hydrogen) atoms. The zero-order chi connectivity index (χ0) is 25.0. The van der Waals surface area contributed by atoms with E-state index >= 15 is 0 Å². The van der Waals surface area contributed by atoms with Crippen molar-refractivity contribution in [3.05, 3.63) is 47.5 Å². The van der Waals surface area contributed by atoms with Crippen molar-refractivity contribution in [2.45, 2.75) is 69.1 Å². The summed E-state index contributed by atoms with van der Waals surface area (Å²) in [6, 6.07) is 11.5. The molecule has 1 aliphatic carbocycles. The zero-order valence-electron chi connectivity index (χ0n) is 21.3. The topological polar surface area (TPSA) is 71.1 Å². The van der Waals surface area contributed by atoms with Gasteiger partial charge in [0.15, 0.2) is 0 Å². The summed E-state index contributed by atoms with van der Waals surface area (Å²) >= 11 is 0. The molecule has 0 aliphatic heterocycles. The van der Waals surface area contributed by atoms with Crippen LogP contribution in [0.15, 0.2) is 41.3 Å². The Hall–Kier alpha value is -1.55. The Morgan fingerprint density at radius 3 is 1.94 bits per heavy atom. The summed E-state index contributed by atoms with van der Waals surface area (Å²) in [6.07, 6.45) is 8.10. The summed E-state index contributed by atoms with van der Waals surface area (Å²) in [6.45, 7) is 4.44. The molecular formula is C26H38O6SSi. The van der Waals surface area contributed by atoms with E-state index in [1.54, 1.807) is 33.5 Å². The van der Waals surface area contributed by atoms with Crippen molar-refractivity contribution in [2.75, 3.05) is 28.4 Å². The maximum atomic E-state index is 12.5. The number of hydrogen-bond donors (Lipinski definition) is 0. The molecule has 3 rings (SSSR count). The van der Waals surface area contributed by atoms with Gasteiger partial charge in [0.1, 0.15) is 0 Å². The molecule has 0 aromatic heterocycles. The predicted molar refractivity (Wildman–Crippen MR) is 137 cm³/mol. The van der Waals surface area contributed by atoms with Gasteiger partial charge in [0, 0.05) is 31.9 Å². The highest BCUT2D eigenvalue weighted by Gasteiger charge is 2.45. The normalized spacial score (nSPS) is 17.6. The van der Waals surface area contributed by atoms with E-state index in [0.29, 0.717) is 0 Å². The summed E-state index contributed by atoms with van der Waals surface area (Å²) in [7, 11) is -0.780. The summed E-state index contributed by atoms with van der Waals surface area (Å²) in [5, 5.41) is 0.894. The Labute approximate surface area is 206 Å². The molecule has 188 valence electrons. The molecule has 2 aromatic carbocycles. The van der Waals surface area contributed by atoms with Crippen LogP contribution in [-0.4, -0.2) is 45.7 Å². The first-order valence-electron chi connectivity index (χ1n) is 12.0. The molecule has 0 heterocycles. The third kappa shape index (κ3) is 4.89. The summed E-state index contributed by atoms with van der Waals surface area (Å²) in [4.78, 5) is 0.186. The standard InChI is InChI=1S/C26H38O6SSi/c1-7-8-9-10-11-12-17-26(2)24-18-20(33(27,28)29-3)13-15-22(24)23-16-14-21(19-25(23)26)34(30-4,31-5)32-6/h13-16,18-19H,7-12,17H2,1-6H3. The minimum absolute atomic E-state index is 0.186. The van der Waals surface area contributed by atoms with Gasteiger partial charge in [-0.05, 0) is 40.8 Å². The second kappa shape index (κ2) is 11.0. The Morgan fingerprint density at radius 1 is 0.794 bits per heavy atom. The van der Waals surface area contributed by atoms with Crippen molar-refractivity contribution < 1.29 is 25.9 Å². The molecule has 0 radical (unpaired) electrons. The predicted octanol–water partition coefficient (Wildman–Crippen LogP) is 5.14. The monoisotopic (exact) mass is 506 g/mol. The molecule has 1 atom stereocenters. The minimum Gasteiger partial charge on any atom is -0.373 e. The highest BCUT2D eigenvalue weighted by atomic mass is 32.2. The van der Waals surface area contributed by atoms with Crippen molar-refractivity contribution >= 4 is 24.1 Å². The van der Waals surface area contributed by atoms with E-state index in [9.17, 15) is 8.42 Å². The van der Waals surface area contributed by atoms with Crippen LogP contribution in [0.5, 0.6) is 0 Å². The van der Waals surface area contributed by atoms with Crippen molar-refractivity contribution in [1.29, 1.82) is 0 Å². The van der Waals surface area contributed by atoms with Gasteiger partial charge in [-0.1, -0.05) is 76.6 Å². The van der Waals surface area contributed by atoms with Gasteiger partial charge in [-0.15, -0.1) is 0 Å². The van der Waals surface area contributed by atoms with Gasteiger partial charge in [-0.25, -0.2) is 0 Å². The number of rotatable bonds is 13. The average Bonchev–Trinajstić information content (AvgIpc) is 3.10. The van der Waals surface area contributed by atoms with Crippen LogP contribution >= 0.6 is 0 Å². The second-order valence-corrected chi connectivity index (χ2v) is 13.7. The van der Waals surface area contributed by atoms with Gasteiger partial charge in [0.25, 0.3) is 10.1 Å². The zero-order valence-corrected chi connectivity index (χ0v) is 23.1. The molecule has 0 N–H and O–H groups in total. The summed E-state index contributed by atoms with van der Waals surface area (Å²) in [5.74, 6) is 0. The van der Waals surface area contributed by atoms with Gasteiger partial charge in [0.2, 0.25) is 0 Å².